The molecule has 7 heteroatoms. The molecule has 0 radical (unpaired) electrons. The van der Waals surface area contributed by atoms with Crippen molar-refractivity contribution in [2.24, 2.45) is 0 Å². The molecule has 0 spiro atoms. The van der Waals surface area contributed by atoms with Crippen LogP contribution in [0.15, 0.2) is 77.0 Å². The molecule has 1 atom stereocenters. The number of hydrogen-bond acceptors (Lipinski definition) is 5. The molecule has 0 bridgehead atoms. The first-order valence-electron chi connectivity index (χ1n) is 10.2. The summed E-state index contributed by atoms with van der Waals surface area (Å²) in [4.78, 5) is 25.8. The molecule has 166 valence electrons. The average molecular weight is 434 g/mol. The minimum atomic E-state index is -0.438. The molecule has 0 aliphatic rings. The van der Waals surface area contributed by atoms with E-state index in [1.807, 2.05) is 25.1 Å². The summed E-state index contributed by atoms with van der Waals surface area (Å²) < 4.78 is 16.0. The number of benzene rings is 2. The lowest BCUT2D eigenvalue weighted by atomic mass is 10.0. The molecule has 2 amide bonds. The van der Waals surface area contributed by atoms with Gasteiger partial charge >= 0.3 is 0 Å². The van der Waals surface area contributed by atoms with Crippen LogP contribution >= 0.6 is 0 Å². The number of nitrogens with one attached hydrogen (secondary N) is 2. The predicted molar refractivity (Wildman–Crippen MR) is 121 cm³/mol. The number of rotatable bonds is 9. The number of hydrogen-bond donors (Lipinski definition) is 2. The van der Waals surface area contributed by atoms with Crippen LogP contribution in [0.5, 0.6) is 11.5 Å². The van der Waals surface area contributed by atoms with E-state index in [1.54, 1.807) is 56.7 Å². The molecule has 1 aromatic heterocycles. The van der Waals surface area contributed by atoms with E-state index in [-0.39, 0.29) is 11.7 Å². The highest BCUT2D eigenvalue weighted by Gasteiger charge is 2.20. The maximum absolute atomic E-state index is 13.2. The standard InChI is InChI=1S/C25H26N2O5/c1-4-20(18-12-13-22(30-2)23(15-18)31-3)26-25(29)21(16-19-11-8-14-32-19)27-24(28)17-9-6-5-7-10-17/h5-16,20H,4H2,1-3H3,(H,26,29)(H,27,28)/b21-16-/t20-/m1/s1. The van der Waals surface area contributed by atoms with E-state index in [4.69, 9.17) is 13.9 Å². The summed E-state index contributed by atoms with van der Waals surface area (Å²) >= 11 is 0. The number of amides is 2. The summed E-state index contributed by atoms with van der Waals surface area (Å²) in [5.74, 6) is 0.792. The van der Waals surface area contributed by atoms with Crippen LogP contribution in [0.3, 0.4) is 0 Å². The van der Waals surface area contributed by atoms with Gasteiger partial charge in [-0.15, -0.1) is 0 Å². The zero-order valence-electron chi connectivity index (χ0n) is 18.3. The molecule has 0 unspecified atom stereocenters. The third kappa shape index (κ3) is 5.57. The first-order valence-corrected chi connectivity index (χ1v) is 10.2. The maximum Gasteiger partial charge on any atom is 0.268 e. The Labute approximate surface area is 187 Å². The van der Waals surface area contributed by atoms with Gasteiger partial charge in [-0.25, -0.2) is 0 Å². The summed E-state index contributed by atoms with van der Waals surface area (Å²) in [7, 11) is 3.13. The van der Waals surface area contributed by atoms with Crippen LogP contribution < -0.4 is 20.1 Å². The summed E-state index contributed by atoms with van der Waals surface area (Å²) in [6.45, 7) is 1.96. The molecule has 0 aliphatic carbocycles. The molecule has 2 aromatic carbocycles. The molecule has 32 heavy (non-hydrogen) atoms. The first-order chi connectivity index (χ1) is 15.5. The van der Waals surface area contributed by atoms with Crippen molar-refractivity contribution >= 4 is 17.9 Å². The topological polar surface area (TPSA) is 89.8 Å². The Balaban J connectivity index is 1.84. The van der Waals surface area contributed by atoms with Crippen LogP contribution in [0.1, 0.15) is 41.1 Å². The Hall–Kier alpha value is -4.00. The zero-order chi connectivity index (χ0) is 22.9. The smallest absolute Gasteiger partial charge is 0.268 e. The highest BCUT2D eigenvalue weighted by molar-refractivity contribution is 6.05. The predicted octanol–water partition coefficient (Wildman–Crippen LogP) is 4.34. The van der Waals surface area contributed by atoms with Crippen LogP contribution in [-0.2, 0) is 4.79 Å². The summed E-state index contributed by atoms with van der Waals surface area (Å²) in [5.41, 5.74) is 1.37. The van der Waals surface area contributed by atoms with Gasteiger partial charge in [0, 0.05) is 11.6 Å². The Morgan fingerprint density at radius 1 is 1.00 bits per heavy atom. The van der Waals surface area contributed by atoms with Crippen molar-refractivity contribution in [3.63, 3.8) is 0 Å². The van der Waals surface area contributed by atoms with Gasteiger partial charge in [-0.05, 0) is 48.4 Å². The fourth-order valence-electron chi connectivity index (χ4n) is 3.18. The van der Waals surface area contributed by atoms with Crippen molar-refractivity contribution in [3.8, 4) is 11.5 Å². The minimum absolute atomic E-state index is 0.0766. The third-order valence-electron chi connectivity index (χ3n) is 4.88. The van der Waals surface area contributed by atoms with Crippen LogP contribution in [0.4, 0.5) is 0 Å². The Morgan fingerprint density at radius 2 is 1.75 bits per heavy atom. The van der Waals surface area contributed by atoms with E-state index in [1.165, 1.54) is 12.3 Å². The lowest BCUT2D eigenvalue weighted by Gasteiger charge is -2.20. The van der Waals surface area contributed by atoms with Crippen molar-refractivity contribution in [2.45, 2.75) is 19.4 Å². The number of ether oxygens (including phenoxy) is 2. The van der Waals surface area contributed by atoms with Gasteiger partial charge in [0.25, 0.3) is 11.8 Å². The van der Waals surface area contributed by atoms with Crippen molar-refractivity contribution in [2.75, 3.05) is 14.2 Å². The van der Waals surface area contributed by atoms with Crippen molar-refractivity contribution in [1.82, 2.24) is 10.6 Å². The lowest BCUT2D eigenvalue weighted by Crippen LogP contribution is -2.36. The molecule has 2 N–H and O–H groups in total. The highest BCUT2D eigenvalue weighted by Crippen LogP contribution is 2.31. The molecule has 0 saturated heterocycles. The molecule has 3 rings (SSSR count). The number of furan rings is 1. The Kier molecular flexibility index (Phi) is 7.70. The number of carbonyl (C=O) groups excluding carboxylic acids is 2. The lowest BCUT2D eigenvalue weighted by molar-refractivity contribution is -0.118. The van der Waals surface area contributed by atoms with Gasteiger partial charge in [0.2, 0.25) is 0 Å². The second kappa shape index (κ2) is 10.9. The molecule has 3 aromatic rings. The van der Waals surface area contributed by atoms with E-state index in [9.17, 15) is 9.59 Å². The van der Waals surface area contributed by atoms with Gasteiger partial charge in [-0.2, -0.15) is 0 Å². The van der Waals surface area contributed by atoms with E-state index in [0.717, 1.165) is 5.56 Å². The summed E-state index contributed by atoms with van der Waals surface area (Å²) in [5, 5.41) is 5.68. The highest BCUT2D eigenvalue weighted by atomic mass is 16.5. The molecule has 0 saturated carbocycles. The van der Waals surface area contributed by atoms with Gasteiger partial charge in [-0.3, -0.25) is 9.59 Å². The van der Waals surface area contributed by atoms with Crippen molar-refractivity contribution < 1.29 is 23.5 Å². The maximum atomic E-state index is 13.2. The van der Waals surface area contributed by atoms with Crippen molar-refractivity contribution in [1.29, 1.82) is 0 Å². The van der Waals surface area contributed by atoms with Crippen LogP contribution in [0, 0.1) is 0 Å². The van der Waals surface area contributed by atoms with Gasteiger partial charge in [0.05, 0.1) is 26.5 Å². The van der Waals surface area contributed by atoms with Gasteiger partial charge in [0.15, 0.2) is 11.5 Å². The third-order valence-corrected chi connectivity index (χ3v) is 4.88. The van der Waals surface area contributed by atoms with Crippen LogP contribution in [0.2, 0.25) is 0 Å². The summed E-state index contributed by atoms with van der Waals surface area (Å²) in [6, 6.07) is 17.3. The first kappa shape index (κ1) is 22.7. The van der Waals surface area contributed by atoms with E-state index in [0.29, 0.717) is 29.2 Å². The van der Waals surface area contributed by atoms with Gasteiger partial charge in [-0.1, -0.05) is 31.2 Å². The van der Waals surface area contributed by atoms with E-state index in [2.05, 4.69) is 10.6 Å². The minimum Gasteiger partial charge on any atom is -0.493 e. The van der Waals surface area contributed by atoms with E-state index < -0.39 is 11.8 Å². The Bertz CT molecular complexity index is 1070. The fraction of sp³-hybridized carbons (Fsp3) is 0.200. The quantitative estimate of drug-likeness (QED) is 0.489. The normalized spacial score (nSPS) is 12.0. The molecule has 1 heterocycles. The van der Waals surface area contributed by atoms with Gasteiger partial charge < -0.3 is 24.5 Å². The SMILES string of the molecule is CC[C@@H](NC(=O)/C(=C/c1ccco1)NC(=O)c1ccccc1)c1ccc(OC)c(OC)c1. The second-order valence-electron chi connectivity index (χ2n) is 6.94. The van der Waals surface area contributed by atoms with E-state index >= 15 is 0 Å². The molecular formula is C25H26N2O5. The van der Waals surface area contributed by atoms with Gasteiger partial charge in [0.1, 0.15) is 11.5 Å². The second-order valence-corrected chi connectivity index (χ2v) is 6.94. The average Bonchev–Trinajstić information content (AvgIpc) is 3.35. The van der Waals surface area contributed by atoms with Crippen LogP contribution in [0.25, 0.3) is 6.08 Å². The Morgan fingerprint density at radius 3 is 2.38 bits per heavy atom. The molecular weight excluding hydrogens is 408 g/mol. The zero-order valence-corrected chi connectivity index (χ0v) is 18.3. The summed E-state index contributed by atoms with van der Waals surface area (Å²) in [6.07, 6.45) is 3.62. The fourth-order valence-corrected chi connectivity index (χ4v) is 3.18. The monoisotopic (exact) mass is 434 g/mol. The van der Waals surface area contributed by atoms with Crippen molar-refractivity contribution in [3.05, 3.63) is 89.5 Å². The molecule has 0 fully saturated rings. The number of methoxy groups -OCH3 is 2. The largest absolute Gasteiger partial charge is 0.493 e. The van der Waals surface area contributed by atoms with Crippen LogP contribution in [-0.4, -0.2) is 26.0 Å². The molecule has 0 aliphatic heterocycles. The molecule has 7 nitrogen and oxygen atoms in total. The number of carbonyl (C=O) groups is 2.